The molecule has 2 aromatic rings. The summed E-state index contributed by atoms with van der Waals surface area (Å²) in [7, 11) is 0. The fourth-order valence-corrected chi connectivity index (χ4v) is 2.74. The molecule has 128 valence electrons. The lowest BCUT2D eigenvalue weighted by Gasteiger charge is -2.04. The van der Waals surface area contributed by atoms with Crippen molar-refractivity contribution in [1.29, 1.82) is 0 Å². The molecule has 0 amide bonds. The normalized spacial score (nSPS) is 20.5. The van der Waals surface area contributed by atoms with Gasteiger partial charge in [-0.15, -0.1) is 0 Å². The summed E-state index contributed by atoms with van der Waals surface area (Å²) in [6, 6.07) is 3.82. The average molecular weight is 343 g/mol. The van der Waals surface area contributed by atoms with Gasteiger partial charge in [0.05, 0.1) is 5.71 Å². The van der Waals surface area contributed by atoms with Crippen LogP contribution in [-0.2, 0) is 0 Å². The summed E-state index contributed by atoms with van der Waals surface area (Å²) in [5, 5.41) is 0. The maximum atomic E-state index is 13.4. The van der Waals surface area contributed by atoms with E-state index in [0.29, 0.717) is 23.5 Å². The van der Waals surface area contributed by atoms with E-state index in [1.54, 1.807) is 37.7 Å². The molecule has 2 atom stereocenters. The molecule has 1 aliphatic rings. The largest absolute Gasteiger partial charge is 0.257 e. The molecule has 1 saturated carbocycles. The second-order valence-electron chi connectivity index (χ2n) is 5.87. The van der Waals surface area contributed by atoms with Gasteiger partial charge in [0.2, 0.25) is 0 Å². The van der Waals surface area contributed by atoms with E-state index >= 15 is 0 Å². The van der Waals surface area contributed by atoms with Gasteiger partial charge in [0.15, 0.2) is 23.3 Å². The van der Waals surface area contributed by atoms with Crippen LogP contribution in [0.5, 0.6) is 0 Å². The first kappa shape index (κ1) is 17.1. The lowest BCUT2D eigenvalue weighted by molar-refractivity contribution is 0.445. The van der Waals surface area contributed by atoms with E-state index in [1.165, 1.54) is 0 Å². The van der Waals surface area contributed by atoms with Crippen molar-refractivity contribution in [3.63, 3.8) is 0 Å². The van der Waals surface area contributed by atoms with Crippen LogP contribution in [0.1, 0.15) is 30.7 Å². The van der Waals surface area contributed by atoms with Crippen LogP contribution in [0.15, 0.2) is 60.0 Å². The number of allylic oxidation sites excluding steroid dienone is 2. The maximum Gasteiger partial charge on any atom is 0.194 e. The monoisotopic (exact) mass is 343 g/mol. The third-order valence-corrected chi connectivity index (χ3v) is 4.19. The Morgan fingerprint density at radius 1 is 1.20 bits per heavy atom. The Bertz CT molecular complexity index is 836. The van der Waals surface area contributed by atoms with Gasteiger partial charge in [-0.1, -0.05) is 12.7 Å². The molecule has 1 heterocycles. The molecular formula is C19H16F3N3. The van der Waals surface area contributed by atoms with Crippen molar-refractivity contribution in [2.45, 2.75) is 19.3 Å². The standard InChI is InChI=1S/C19H16F3N3/c1-3-12(10-25-11(2)19-23-5-4-6-24-19)14-9-15(14)13-7-16(20)18(22)17(21)8-13/h3-8,10,14-15H,1,9H2,2H3/b12-10+,25-11?. The van der Waals surface area contributed by atoms with Gasteiger partial charge in [-0.3, -0.25) is 4.99 Å². The molecule has 3 rings (SSSR count). The minimum absolute atomic E-state index is 0.0509. The van der Waals surface area contributed by atoms with Gasteiger partial charge < -0.3 is 0 Å². The molecule has 6 heteroatoms. The summed E-state index contributed by atoms with van der Waals surface area (Å²) in [4.78, 5) is 12.6. The van der Waals surface area contributed by atoms with Gasteiger partial charge in [-0.2, -0.15) is 0 Å². The quantitative estimate of drug-likeness (QED) is 0.453. The SMILES string of the molecule is C=C/C(=C\N=C(C)c1ncccn1)C1CC1c1cc(F)c(F)c(F)c1. The van der Waals surface area contributed by atoms with E-state index < -0.39 is 17.5 Å². The highest BCUT2D eigenvalue weighted by molar-refractivity contribution is 5.95. The molecule has 0 radical (unpaired) electrons. The summed E-state index contributed by atoms with van der Waals surface area (Å²) in [6.45, 7) is 5.57. The molecule has 1 aliphatic carbocycles. The van der Waals surface area contributed by atoms with Crippen molar-refractivity contribution in [3.8, 4) is 0 Å². The minimum Gasteiger partial charge on any atom is -0.257 e. The number of aromatic nitrogens is 2. The second kappa shape index (κ2) is 7.01. The summed E-state index contributed by atoms with van der Waals surface area (Å²) in [5.41, 5.74) is 1.95. The van der Waals surface area contributed by atoms with Crippen molar-refractivity contribution < 1.29 is 13.2 Å². The highest BCUT2D eigenvalue weighted by Gasteiger charge is 2.40. The number of halogens is 3. The maximum absolute atomic E-state index is 13.4. The van der Waals surface area contributed by atoms with Crippen LogP contribution < -0.4 is 0 Å². The molecule has 0 aliphatic heterocycles. The molecule has 3 nitrogen and oxygen atoms in total. The Labute approximate surface area is 143 Å². The topological polar surface area (TPSA) is 38.1 Å². The van der Waals surface area contributed by atoms with Gasteiger partial charge in [0.25, 0.3) is 0 Å². The van der Waals surface area contributed by atoms with Crippen molar-refractivity contribution in [2.75, 3.05) is 0 Å². The fourth-order valence-electron chi connectivity index (χ4n) is 2.74. The van der Waals surface area contributed by atoms with Crippen molar-refractivity contribution in [2.24, 2.45) is 10.9 Å². The Morgan fingerprint density at radius 3 is 2.44 bits per heavy atom. The van der Waals surface area contributed by atoms with Crippen LogP contribution in [-0.4, -0.2) is 15.7 Å². The van der Waals surface area contributed by atoms with Crippen LogP contribution in [0.25, 0.3) is 0 Å². The number of hydrogen-bond acceptors (Lipinski definition) is 3. The summed E-state index contributed by atoms with van der Waals surface area (Å²) < 4.78 is 39.9. The number of aliphatic imine (C=N–C) groups is 1. The molecule has 1 aromatic heterocycles. The van der Waals surface area contributed by atoms with Crippen molar-refractivity contribution in [1.82, 2.24) is 9.97 Å². The smallest absolute Gasteiger partial charge is 0.194 e. The van der Waals surface area contributed by atoms with Gasteiger partial charge in [0, 0.05) is 18.6 Å². The number of benzene rings is 1. The van der Waals surface area contributed by atoms with E-state index in [2.05, 4.69) is 21.5 Å². The summed E-state index contributed by atoms with van der Waals surface area (Å²) >= 11 is 0. The number of rotatable bonds is 5. The molecule has 0 N–H and O–H groups in total. The highest BCUT2D eigenvalue weighted by Crippen LogP contribution is 2.52. The molecular weight excluding hydrogens is 327 g/mol. The predicted octanol–water partition coefficient (Wildman–Crippen LogP) is 4.58. The molecule has 0 bridgehead atoms. The molecule has 2 unspecified atom stereocenters. The van der Waals surface area contributed by atoms with Gasteiger partial charge in [0.1, 0.15) is 0 Å². The predicted molar refractivity (Wildman–Crippen MR) is 89.7 cm³/mol. The molecule has 1 fully saturated rings. The van der Waals surface area contributed by atoms with Gasteiger partial charge >= 0.3 is 0 Å². The number of nitrogens with zero attached hydrogens (tertiary/aromatic N) is 3. The third kappa shape index (κ3) is 3.68. The van der Waals surface area contributed by atoms with Crippen LogP contribution in [0, 0.1) is 23.4 Å². The second-order valence-corrected chi connectivity index (χ2v) is 5.87. The molecule has 1 aromatic carbocycles. The molecule has 25 heavy (non-hydrogen) atoms. The zero-order chi connectivity index (χ0) is 18.0. The van der Waals surface area contributed by atoms with Gasteiger partial charge in [-0.25, -0.2) is 23.1 Å². The first-order chi connectivity index (χ1) is 12.0. The van der Waals surface area contributed by atoms with Crippen LogP contribution >= 0.6 is 0 Å². The number of hydrogen-bond donors (Lipinski definition) is 0. The molecule has 0 saturated heterocycles. The lowest BCUT2D eigenvalue weighted by atomic mass is 10.0. The van der Waals surface area contributed by atoms with E-state index in [9.17, 15) is 13.2 Å². The van der Waals surface area contributed by atoms with E-state index in [-0.39, 0.29) is 11.8 Å². The Balaban J connectivity index is 1.78. The first-order valence-electron chi connectivity index (χ1n) is 7.80. The third-order valence-electron chi connectivity index (χ3n) is 4.19. The van der Waals surface area contributed by atoms with Crippen LogP contribution in [0.2, 0.25) is 0 Å². The zero-order valence-electron chi connectivity index (χ0n) is 13.6. The fraction of sp³-hybridized carbons (Fsp3) is 0.211. The Kier molecular flexibility index (Phi) is 4.79. The Morgan fingerprint density at radius 2 is 1.84 bits per heavy atom. The summed E-state index contributed by atoms with van der Waals surface area (Å²) in [6.07, 6.45) is 7.31. The zero-order valence-corrected chi connectivity index (χ0v) is 13.6. The minimum atomic E-state index is -1.44. The molecule has 0 spiro atoms. The van der Waals surface area contributed by atoms with E-state index in [0.717, 1.165) is 17.7 Å². The van der Waals surface area contributed by atoms with E-state index in [4.69, 9.17) is 0 Å². The van der Waals surface area contributed by atoms with Crippen LogP contribution in [0.4, 0.5) is 13.2 Å². The lowest BCUT2D eigenvalue weighted by Crippen LogP contribution is -2.00. The summed E-state index contributed by atoms with van der Waals surface area (Å²) in [5.74, 6) is -3.27. The van der Waals surface area contributed by atoms with E-state index in [1.807, 2.05) is 0 Å². The first-order valence-corrected chi connectivity index (χ1v) is 7.80. The van der Waals surface area contributed by atoms with Crippen LogP contribution in [0.3, 0.4) is 0 Å². The highest BCUT2D eigenvalue weighted by atomic mass is 19.2. The average Bonchev–Trinajstić information content (AvgIpc) is 3.41. The van der Waals surface area contributed by atoms with Crippen molar-refractivity contribution >= 4 is 5.71 Å². The Hall–Kier alpha value is -2.76. The van der Waals surface area contributed by atoms with Crippen molar-refractivity contribution in [3.05, 3.63) is 83.9 Å². The van der Waals surface area contributed by atoms with Gasteiger partial charge in [-0.05, 0) is 54.5 Å².